The summed E-state index contributed by atoms with van der Waals surface area (Å²) in [6, 6.07) is 36.6. The monoisotopic (exact) mass is 783 g/mol. The van der Waals surface area contributed by atoms with Gasteiger partial charge in [0.1, 0.15) is 5.82 Å². The molecule has 0 amide bonds. The van der Waals surface area contributed by atoms with Gasteiger partial charge < -0.3 is 9.30 Å². The van der Waals surface area contributed by atoms with Gasteiger partial charge in [-0.2, -0.15) is 16.7 Å². The standard InChI is InChI=1S/C40H36N4O.Pt/c1-6-7-11-30-14-17-37-36(23-30)35-16-15-33(25-38(35)43(37)39-22-26(2)18-19-41-39)45-34-21-27(3)20-32(24-34)44-29(5)40(28(4)42-44)31-12-9-8-10-13-31;/h8-10,12-23H,6-7,11H2,1-5H3;/q-2;+2. The van der Waals surface area contributed by atoms with E-state index in [1.54, 1.807) is 0 Å². The summed E-state index contributed by atoms with van der Waals surface area (Å²) < 4.78 is 10.6. The van der Waals surface area contributed by atoms with Crippen molar-refractivity contribution in [2.75, 3.05) is 0 Å². The quantitative estimate of drug-likeness (QED) is 0.144. The molecular formula is C40H36N4OPt. The van der Waals surface area contributed by atoms with E-state index in [1.165, 1.54) is 23.8 Å². The van der Waals surface area contributed by atoms with Crippen molar-refractivity contribution in [1.29, 1.82) is 0 Å². The van der Waals surface area contributed by atoms with Crippen LogP contribution in [0.25, 0.3) is 44.4 Å². The maximum atomic E-state index is 6.49. The molecule has 7 aromatic rings. The third-order valence-corrected chi connectivity index (χ3v) is 8.44. The minimum atomic E-state index is 0. The van der Waals surface area contributed by atoms with Gasteiger partial charge in [0.2, 0.25) is 0 Å². The molecule has 0 unspecified atom stereocenters. The van der Waals surface area contributed by atoms with E-state index in [4.69, 9.17) is 14.8 Å². The third kappa shape index (κ3) is 5.92. The van der Waals surface area contributed by atoms with E-state index in [1.807, 2.05) is 35.1 Å². The van der Waals surface area contributed by atoms with E-state index in [2.05, 4.69) is 112 Å². The molecule has 3 aromatic heterocycles. The summed E-state index contributed by atoms with van der Waals surface area (Å²) in [6.45, 7) is 10.6. The van der Waals surface area contributed by atoms with Crippen molar-refractivity contribution in [2.45, 2.75) is 53.9 Å². The van der Waals surface area contributed by atoms with Crippen molar-refractivity contribution in [3.05, 3.63) is 131 Å². The molecule has 0 atom stereocenters. The average molecular weight is 784 g/mol. The summed E-state index contributed by atoms with van der Waals surface area (Å²) in [4.78, 5) is 4.75. The largest absolute Gasteiger partial charge is 2.00 e. The van der Waals surface area contributed by atoms with Crippen molar-refractivity contribution in [2.24, 2.45) is 0 Å². The van der Waals surface area contributed by atoms with Crippen molar-refractivity contribution in [3.8, 4) is 34.1 Å². The van der Waals surface area contributed by atoms with Gasteiger partial charge in [-0.25, -0.2) is 4.98 Å². The van der Waals surface area contributed by atoms with Crippen LogP contribution in [0.1, 0.15) is 47.8 Å². The van der Waals surface area contributed by atoms with Crippen LogP contribution in [0.2, 0.25) is 0 Å². The summed E-state index contributed by atoms with van der Waals surface area (Å²) in [7, 11) is 0. The van der Waals surface area contributed by atoms with Gasteiger partial charge in [-0.3, -0.25) is 4.68 Å². The maximum absolute atomic E-state index is 6.49. The molecule has 232 valence electrons. The van der Waals surface area contributed by atoms with E-state index in [0.29, 0.717) is 11.5 Å². The molecule has 0 bridgehead atoms. The average Bonchev–Trinajstić information content (AvgIpc) is 3.52. The van der Waals surface area contributed by atoms with E-state index < -0.39 is 0 Å². The normalized spacial score (nSPS) is 11.2. The zero-order valence-electron chi connectivity index (χ0n) is 26.8. The Balaban J connectivity index is 0.00000372. The van der Waals surface area contributed by atoms with Gasteiger partial charge in [0.15, 0.2) is 0 Å². The first-order valence-electron chi connectivity index (χ1n) is 15.7. The van der Waals surface area contributed by atoms with Crippen molar-refractivity contribution in [3.63, 3.8) is 0 Å². The summed E-state index contributed by atoms with van der Waals surface area (Å²) in [5.41, 5.74) is 10.8. The van der Waals surface area contributed by atoms with Crippen LogP contribution in [0.5, 0.6) is 11.5 Å². The van der Waals surface area contributed by atoms with Gasteiger partial charge in [0.25, 0.3) is 0 Å². The fourth-order valence-corrected chi connectivity index (χ4v) is 6.30. The van der Waals surface area contributed by atoms with Crippen molar-refractivity contribution < 1.29 is 25.8 Å². The van der Waals surface area contributed by atoms with Crippen LogP contribution in [0, 0.1) is 39.8 Å². The van der Waals surface area contributed by atoms with Gasteiger partial charge in [0, 0.05) is 34.5 Å². The molecule has 5 nitrogen and oxygen atoms in total. The Morgan fingerprint density at radius 1 is 0.783 bits per heavy atom. The van der Waals surface area contributed by atoms with Crippen LogP contribution in [0.3, 0.4) is 0 Å². The molecule has 0 aliphatic heterocycles. The smallest absolute Gasteiger partial charge is 0.509 e. The number of pyridine rings is 1. The molecule has 6 heteroatoms. The molecule has 0 N–H and O–H groups in total. The van der Waals surface area contributed by atoms with Crippen LogP contribution >= 0.6 is 0 Å². The molecule has 0 saturated heterocycles. The molecule has 0 saturated carbocycles. The van der Waals surface area contributed by atoms with E-state index in [9.17, 15) is 0 Å². The molecule has 0 fully saturated rings. The van der Waals surface area contributed by atoms with Gasteiger partial charge in [-0.05, 0) is 79.6 Å². The summed E-state index contributed by atoms with van der Waals surface area (Å²) >= 11 is 0. The van der Waals surface area contributed by atoms with Crippen LogP contribution < -0.4 is 4.74 Å². The Hall–Kier alpha value is -4.47. The van der Waals surface area contributed by atoms with E-state index >= 15 is 0 Å². The van der Waals surface area contributed by atoms with Crippen molar-refractivity contribution >= 4 is 21.8 Å². The summed E-state index contributed by atoms with van der Waals surface area (Å²) in [5, 5.41) is 7.23. The van der Waals surface area contributed by atoms with Crippen molar-refractivity contribution in [1.82, 2.24) is 19.3 Å². The number of fused-ring (bicyclic) bond motifs is 3. The molecule has 7 rings (SSSR count). The predicted octanol–water partition coefficient (Wildman–Crippen LogP) is 10.00. The Kier molecular flexibility index (Phi) is 8.97. The van der Waals surface area contributed by atoms with E-state index in [0.717, 1.165) is 68.0 Å². The first kappa shape index (κ1) is 31.5. The number of unbranched alkanes of at least 4 members (excludes halogenated alkanes) is 1. The topological polar surface area (TPSA) is 44.9 Å². The molecule has 0 aliphatic rings. The Morgan fingerprint density at radius 2 is 1.61 bits per heavy atom. The zero-order valence-corrected chi connectivity index (χ0v) is 29.1. The second-order valence-electron chi connectivity index (χ2n) is 11.9. The molecular weight excluding hydrogens is 748 g/mol. The van der Waals surface area contributed by atoms with Gasteiger partial charge in [0.05, 0.1) is 5.69 Å². The molecule has 0 aliphatic carbocycles. The predicted molar refractivity (Wildman–Crippen MR) is 183 cm³/mol. The molecule has 46 heavy (non-hydrogen) atoms. The van der Waals surface area contributed by atoms with Gasteiger partial charge in [-0.15, -0.1) is 35.7 Å². The minimum Gasteiger partial charge on any atom is -0.509 e. The fraction of sp³-hybridized carbons (Fsp3) is 0.200. The number of aryl methyl sites for hydroxylation is 4. The molecule has 4 aromatic carbocycles. The van der Waals surface area contributed by atoms with E-state index in [-0.39, 0.29) is 21.1 Å². The fourth-order valence-electron chi connectivity index (χ4n) is 6.30. The van der Waals surface area contributed by atoms with Crippen LogP contribution in [-0.4, -0.2) is 19.3 Å². The Bertz CT molecular complexity index is 2180. The first-order chi connectivity index (χ1) is 21.9. The molecule has 0 spiro atoms. The second-order valence-corrected chi connectivity index (χ2v) is 11.9. The summed E-state index contributed by atoms with van der Waals surface area (Å²) in [5.74, 6) is 2.11. The number of nitrogens with zero attached hydrogens (tertiary/aromatic N) is 4. The summed E-state index contributed by atoms with van der Waals surface area (Å²) in [6.07, 6.45) is 5.28. The molecule has 3 heterocycles. The first-order valence-corrected chi connectivity index (χ1v) is 15.7. The number of rotatable bonds is 8. The minimum absolute atomic E-state index is 0. The Morgan fingerprint density at radius 3 is 2.39 bits per heavy atom. The zero-order chi connectivity index (χ0) is 31.1. The number of aromatic nitrogens is 4. The van der Waals surface area contributed by atoms with Crippen LogP contribution in [-0.2, 0) is 27.5 Å². The van der Waals surface area contributed by atoms with Crippen LogP contribution in [0.15, 0.2) is 91.1 Å². The maximum Gasteiger partial charge on any atom is 2.00 e. The second kappa shape index (κ2) is 13.1. The number of benzene rings is 4. The van der Waals surface area contributed by atoms with Gasteiger partial charge >= 0.3 is 21.1 Å². The van der Waals surface area contributed by atoms with Gasteiger partial charge in [-0.1, -0.05) is 68.2 Å². The Labute approximate surface area is 285 Å². The third-order valence-electron chi connectivity index (χ3n) is 8.44. The number of hydrogen-bond acceptors (Lipinski definition) is 3. The molecule has 0 radical (unpaired) electrons. The van der Waals surface area contributed by atoms with Crippen LogP contribution in [0.4, 0.5) is 0 Å². The SMILES string of the molecule is CCCCc1ccc2c(c1)c1ccc(Oc3[c-]c(-n4nc(C)c(-c5ccccc5)c4C)cc(C)c3)[c-]c1n2-c1cc(C)ccn1.[Pt+2]. The number of hydrogen-bond donors (Lipinski definition) is 0. The number of ether oxygens (including phenoxy) is 1.